The lowest BCUT2D eigenvalue weighted by atomic mass is 10.0. The Kier molecular flexibility index (Phi) is 10.1. The molecule has 1 fully saturated rings. The Morgan fingerprint density at radius 1 is 1.06 bits per heavy atom. The second-order valence-corrected chi connectivity index (χ2v) is 12.5. The minimum atomic E-state index is -1.31. The number of carbonyl (C=O) groups is 2. The van der Waals surface area contributed by atoms with Gasteiger partial charge < -0.3 is 33.7 Å². The molecule has 0 aliphatic carbocycles. The van der Waals surface area contributed by atoms with E-state index in [9.17, 15) is 19.7 Å². The van der Waals surface area contributed by atoms with E-state index in [1.165, 1.54) is 25.4 Å². The van der Waals surface area contributed by atoms with Crippen LogP contribution in [0, 0.1) is 21.7 Å². The van der Waals surface area contributed by atoms with Crippen molar-refractivity contribution in [2.24, 2.45) is 0 Å². The number of ketones is 1. The predicted octanol–water partition coefficient (Wildman–Crippen LogP) is 6.52. The van der Waals surface area contributed by atoms with Crippen molar-refractivity contribution in [2.75, 3.05) is 69.1 Å². The predicted molar refractivity (Wildman–Crippen MR) is 182 cm³/mol. The molecule has 3 heterocycles. The van der Waals surface area contributed by atoms with E-state index in [1.54, 1.807) is 32.9 Å². The molecule has 1 amide bonds. The summed E-state index contributed by atoms with van der Waals surface area (Å²) in [4.78, 5) is 48.5. The fraction of sp³-hybridized carbons (Fsp3) is 0.382. The number of aromatic nitrogens is 1. The number of pyridine rings is 1. The van der Waals surface area contributed by atoms with E-state index in [0.717, 1.165) is 57.9 Å². The Morgan fingerprint density at radius 3 is 2.26 bits per heavy atom. The number of amides is 1. The van der Waals surface area contributed by atoms with Crippen LogP contribution in [0.1, 0.15) is 43.8 Å². The summed E-state index contributed by atoms with van der Waals surface area (Å²) in [5, 5.41) is 15.2. The van der Waals surface area contributed by atoms with Gasteiger partial charge in [-0.2, -0.15) is 0 Å². The number of carbonyl (C=O) groups excluding carboxylic acids is 2. The SMILES string of the molecule is CCN1CCN(c2ccc(Nc3cc4c(N(C)C(=O)OC(C)(C)C)c(C(=O)c5c(F)c(OC)cc(OC)c5F)oc4cn3)c([N+](=O)[O-])c2)CC1. The number of likely N-dealkylation sites (N-methyl/N-ethyl adjacent to an activating group) is 1. The van der Waals surface area contributed by atoms with Crippen molar-refractivity contribution in [3.8, 4) is 11.5 Å². The molecule has 16 heteroatoms. The van der Waals surface area contributed by atoms with Crippen molar-refractivity contribution < 1.29 is 41.9 Å². The molecular formula is C34H38F2N6O8. The smallest absolute Gasteiger partial charge is 0.414 e. The Bertz CT molecular complexity index is 1920. The number of rotatable bonds is 10. The first-order valence-electron chi connectivity index (χ1n) is 15.7. The zero-order valence-electron chi connectivity index (χ0n) is 28.8. The van der Waals surface area contributed by atoms with Gasteiger partial charge in [0, 0.05) is 51.0 Å². The first kappa shape index (κ1) is 35.8. The van der Waals surface area contributed by atoms with Gasteiger partial charge in [-0.1, -0.05) is 6.92 Å². The number of fused-ring (bicyclic) bond motifs is 1. The number of halogens is 2. The first-order chi connectivity index (χ1) is 23.7. The molecule has 14 nitrogen and oxygen atoms in total. The number of ether oxygens (including phenoxy) is 3. The van der Waals surface area contributed by atoms with E-state index in [2.05, 4.69) is 27.0 Å². The molecule has 0 radical (unpaired) electrons. The average Bonchev–Trinajstić information content (AvgIpc) is 3.46. The third-order valence-electron chi connectivity index (χ3n) is 8.18. The number of methoxy groups -OCH3 is 2. The van der Waals surface area contributed by atoms with Crippen molar-refractivity contribution in [1.82, 2.24) is 9.88 Å². The van der Waals surface area contributed by atoms with Gasteiger partial charge in [0.1, 0.15) is 28.4 Å². The number of nitro groups is 1. The highest BCUT2D eigenvalue weighted by atomic mass is 19.1. The van der Waals surface area contributed by atoms with E-state index < -0.39 is 56.9 Å². The Balaban J connectivity index is 1.60. The van der Waals surface area contributed by atoms with Crippen LogP contribution in [0.4, 0.5) is 42.1 Å². The van der Waals surface area contributed by atoms with Gasteiger partial charge in [0.2, 0.25) is 5.78 Å². The van der Waals surface area contributed by atoms with Crippen LogP contribution < -0.4 is 24.6 Å². The molecule has 4 aromatic rings. The van der Waals surface area contributed by atoms with Gasteiger partial charge in [-0.15, -0.1) is 0 Å². The van der Waals surface area contributed by atoms with Gasteiger partial charge in [-0.3, -0.25) is 19.8 Å². The van der Waals surface area contributed by atoms with Crippen LogP contribution >= 0.6 is 0 Å². The quantitative estimate of drug-likeness (QED) is 0.109. The van der Waals surface area contributed by atoms with Crippen LogP contribution in [0.25, 0.3) is 11.0 Å². The van der Waals surface area contributed by atoms with E-state index in [1.807, 2.05) is 0 Å². The third-order valence-corrected chi connectivity index (χ3v) is 8.18. The number of piperazine rings is 1. The normalized spacial score (nSPS) is 13.7. The third kappa shape index (κ3) is 7.10. The summed E-state index contributed by atoms with van der Waals surface area (Å²) in [7, 11) is 3.57. The molecule has 0 atom stereocenters. The molecule has 1 N–H and O–H groups in total. The highest BCUT2D eigenvalue weighted by Gasteiger charge is 2.35. The van der Waals surface area contributed by atoms with Gasteiger partial charge in [-0.25, -0.2) is 18.6 Å². The van der Waals surface area contributed by atoms with Crippen LogP contribution in [-0.4, -0.2) is 86.3 Å². The lowest BCUT2D eigenvalue weighted by molar-refractivity contribution is -0.383. The molecule has 0 unspecified atom stereocenters. The number of furan rings is 1. The summed E-state index contributed by atoms with van der Waals surface area (Å²) < 4.78 is 52.3. The maximum Gasteiger partial charge on any atom is 0.414 e. The molecule has 1 aliphatic heterocycles. The van der Waals surface area contributed by atoms with Crippen LogP contribution in [0.2, 0.25) is 0 Å². The monoisotopic (exact) mass is 696 g/mol. The first-order valence-corrected chi connectivity index (χ1v) is 15.7. The lowest BCUT2D eigenvalue weighted by Crippen LogP contribution is -2.46. The number of nitro benzene ring substituents is 1. The van der Waals surface area contributed by atoms with E-state index in [0.29, 0.717) is 5.69 Å². The maximum absolute atomic E-state index is 15.5. The van der Waals surface area contributed by atoms with Crippen molar-refractivity contribution in [3.63, 3.8) is 0 Å². The Labute approximate surface area is 286 Å². The zero-order chi connectivity index (χ0) is 36.5. The van der Waals surface area contributed by atoms with Gasteiger partial charge in [0.05, 0.1) is 30.7 Å². The largest absolute Gasteiger partial charge is 0.494 e. The van der Waals surface area contributed by atoms with E-state index in [4.69, 9.17) is 18.6 Å². The van der Waals surface area contributed by atoms with Crippen LogP contribution in [-0.2, 0) is 4.74 Å². The molecule has 1 saturated heterocycles. The van der Waals surface area contributed by atoms with Crippen molar-refractivity contribution in [2.45, 2.75) is 33.3 Å². The average molecular weight is 697 g/mol. The molecular weight excluding hydrogens is 658 g/mol. The summed E-state index contributed by atoms with van der Waals surface area (Å²) >= 11 is 0. The summed E-state index contributed by atoms with van der Waals surface area (Å²) in [5.41, 5.74) is -1.58. The number of hydrogen-bond donors (Lipinski definition) is 1. The Hall–Kier alpha value is -5.51. The standard InChI is InChI=1S/C34H38F2N6O8/c1-8-40-11-13-41(14-12-40)19-9-10-21(22(15-19)42(45)46)38-26-16-20-25(18-37-26)49-32(30(20)39(5)33(44)50-34(2,3)4)31(43)27-28(35)23(47-6)17-24(48-7)29(27)36/h9-10,15-18H,8,11-14H2,1-7H3,(H,37,38). The van der Waals surface area contributed by atoms with Crippen LogP contribution in [0.5, 0.6) is 11.5 Å². The van der Waals surface area contributed by atoms with Gasteiger partial charge in [0.25, 0.3) is 5.69 Å². The molecule has 1 aliphatic rings. The van der Waals surface area contributed by atoms with Crippen LogP contribution in [0.3, 0.4) is 0 Å². The Morgan fingerprint density at radius 2 is 1.70 bits per heavy atom. The highest BCUT2D eigenvalue weighted by molar-refractivity contribution is 6.17. The minimum absolute atomic E-state index is 0.0314. The fourth-order valence-corrected chi connectivity index (χ4v) is 5.60. The summed E-state index contributed by atoms with van der Waals surface area (Å²) in [6.45, 7) is 11.1. The molecule has 0 saturated carbocycles. The minimum Gasteiger partial charge on any atom is -0.494 e. The fourth-order valence-electron chi connectivity index (χ4n) is 5.60. The molecule has 266 valence electrons. The van der Waals surface area contributed by atoms with Crippen LogP contribution in [0.15, 0.2) is 40.9 Å². The summed E-state index contributed by atoms with van der Waals surface area (Å²) in [5.74, 6) is -5.35. The molecule has 50 heavy (non-hydrogen) atoms. The molecule has 0 bridgehead atoms. The molecule has 2 aromatic heterocycles. The maximum atomic E-state index is 15.5. The van der Waals surface area contributed by atoms with Crippen molar-refractivity contribution in [3.05, 3.63) is 69.6 Å². The number of nitrogens with one attached hydrogen (secondary N) is 1. The number of hydrogen-bond acceptors (Lipinski definition) is 12. The van der Waals surface area contributed by atoms with Crippen molar-refractivity contribution >= 4 is 51.4 Å². The molecule has 2 aromatic carbocycles. The number of nitrogens with zero attached hydrogens (tertiary/aromatic N) is 5. The van der Waals surface area contributed by atoms with Gasteiger partial charge in [-0.05, 0) is 45.5 Å². The van der Waals surface area contributed by atoms with E-state index in [-0.39, 0.29) is 33.8 Å². The van der Waals surface area contributed by atoms with E-state index >= 15 is 8.78 Å². The summed E-state index contributed by atoms with van der Waals surface area (Å²) in [6.07, 6.45) is 0.309. The highest BCUT2D eigenvalue weighted by Crippen LogP contribution is 2.40. The van der Waals surface area contributed by atoms with Gasteiger partial charge in [0.15, 0.2) is 34.5 Å². The second kappa shape index (κ2) is 14.2. The summed E-state index contributed by atoms with van der Waals surface area (Å²) in [6, 6.07) is 7.19. The molecule has 0 spiro atoms. The lowest BCUT2D eigenvalue weighted by Gasteiger charge is -2.35. The molecule has 5 rings (SSSR count). The van der Waals surface area contributed by atoms with Crippen molar-refractivity contribution in [1.29, 1.82) is 0 Å². The number of benzene rings is 2. The second-order valence-electron chi connectivity index (χ2n) is 12.5. The number of anilines is 4. The zero-order valence-corrected chi connectivity index (χ0v) is 28.8. The van der Waals surface area contributed by atoms with Gasteiger partial charge >= 0.3 is 6.09 Å². The topological polar surface area (TPSA) is 153 Å².